The van der Waals surface area contributed by atoms with E-state index in [0.29, 0.717) is 16.3 Å². The normalized spacial score (nSPS) is 26.8. The summed E-state index contributed by atoms with van der Waals surface area (Å²) in [5.41, 5.74) is 0. The van der Waals surface area contributed by atoms with Crippen LogP contribution in [-0.2, 0) is 6.61 Å². The van der Waals surface area contributed by atoms with E-state index in [1.165, 1.54) is 5.75 Å². The molecule has 0 amide bonds. The van der Waals surface area contributed by atoms with E-state index in [0.717, 1.165) is 18.0 Å². The maximum Gasteiger partial charge on any atom is 0.164 e. The second-order valence-electron chi connectivity index (χ2n) is 3.41. The zero-order chi connectivity index (χ0) is 10.7. The number of aliphatic hydroxyl groups is 1. The second-order valence-corrected chi connectivity index (χ2v) is 6.00. The quantitative estimate of drug-likeness (QED) is 0.847. The molecular formula is C9H15N3OS2. The Hall–Kier alpha value is -0.200. The van der Waals surface area contributed by atoms with Crippen molar-refractivity contribution in [2.24, 2.45) is 0 Å². The number of thioether (sulfide) groups is 2. The zero-order valence-corrected chi connectivity index (χ0v) is 10.3. The van der Waals surface area contributed by atoms with Crippen LogP contribution in [0.25, 0.3) is 0 Å². The minimum Gasteiger partial charge on any atom is -0.388 e. The van der Waals surface area contributed by atoms with Crippen LogP contribution in [0, 0.1) is 0 Å². The van der Waals surface area contributed by atoms with Gasteiger partial charge in [0.15, 0.2) is 5.82 Å². The Balaban J connectivity index is 2.12. The first kappa shape index (κ1) is 11.3. The van der Waals surface area contributed by atoms with E-state index in [-0.39, 0.29) is 6.61 Å². The van der Waals surface area contributed by atoms with Gasteiger partial charge in [0.2, 0.25) is 0 Å². The third-order valence-corrected chi connectivity index (χ3v) is 5.65. The molecule has 0 radical (unpaired) electrons. The summed E-state index contributed by atoms with van der Waals surface area (Å²) in [6.45, 7) is 2.14. The van der Waals surface area contributed by atoms with Gasteiger partial charge in [0.25, 0.3) is 0 Å². The van der Waals surface area contributed by atoms with Crippen LogP contribution in [0.5, 0.6) is 0 Å². The maximum atomic E-state index is 8.93. The summed E-state index contributed by atoms with van der Waals surface area (Å²) in [6.07, 6.45) is 1.14. The van der Waals surface area contributed by atoms with Crippen LogP contribution < -0.4 is 0 Å². The molecule has 0 aromatic carbocycles. The Morgan fingerprint density at radius 1 is 1.47 bits per heavy atom. The lowest BCUT2D eigenvalue weighted by Crippen LogP contribution is -2.19. The molecule has 0 bridgehead atoms. The van der Waals surface area contributed by atoms with Crippen molar-refractivity contribution in [3.05, 3.63) is 11.6 Å². The number of aliphatic hydroxyl groups excluding tert-OH is 1. The molecule has 2 unspecified atom stereocenters. The Kier molecular flexibility index (Phi) is 3.93. The van der Waals surface area contributed by atoms with Gasteiger partial charge in [-0.15, -0.1) is 11.8 Å². The van der Waals surface area contributed by atoms with Crippen molar-refractivity contribution in [1.82, 2.24) is 15.2 Å². The van der Waals surface area contributed by atoms with Crippen molar-refractivity contribution < 1.29 is 5.11 Å². The highest BCUT2D eigenvalue weighted by Crippen LogP contribution is 2.42. The summed E-state index contributed by atoms with van der Waals surface area (Å²) >= 11 is 3.93. The highest BCUT2D eigenvalue weighted by molar-refractivity contribution is 8.06. The number of nitrogens with zero attached hydrogens (tertiary/aromatic N) is 2. The summed E-state index contributed by atoms with van der Waals surface area (Å²) < 4.78 is 0. The molecule has 2 rings (SSSR count). The van der Waals surface area contributed by atoms with Crippen molar-refractivity contribution >= 4 is 23.5 Å². The van der Waals surface area contributed by atoms with Crippen molar-refractivity contribution in [2.75, 3.05) is 11.5 Å². The number of rotatable bonds is 3. The number of aromatic amines is 1. The van der Waals surface area contributed by atoms with Gasteiger partial charge >= 0.3 is 0 Å². The molecule has 1 aliphatic heterocycles. The van der Waals surface area contributed by atoms with E-state index in [4.69, 9.17) is 5.11 Å². The standard InChI is InChI=1S/C9H15N3OS2/c1-2-6-8(15-4-3-14-6)9-10-7(5-13)11-12-9/h6,8,13H,2-5H2,1H3,(H,10,11,12). The van der Waals surface area contributed by atoms with Crippen LogP contribution in [0.3, 0.4) is 0 Å². The molecule has 4 nitrogen and oxygen atoms in total. The smallest absolute Gasteiger partial charge is 0.164 e. The van der Waals surface area contributed by atoms with Gasteiger partial charge in [-0.1, -0.05) is 6.92 Å². The Labute approximate surface area is 97.6 Å². The molecule has 0 spiro atoms. The first-order valence-electron chi connectivity index (χ1n) is 5.10. The minimum atomic E-state index is -0.0612. The van der Waals surface area contributed by atoms with Crippen molar-refractivity contribution in [1.29, 1.82) is 0 Å². The summed E-state index contributed by atoms with van der Waals surface area (Å²) in [5, 5.41) is 16.9. The summed E-state index contributed by atoms with van der Waals surface area (Å²) in [7, 11) is 0. The Bertz CT molecular complexity index is 318. The molecule has 84 valence electrons. The molecule has 2 heterocycles. The lowest BCUT2D eigenvalue weighted by molar-refractivity contribution is 0.271. The van der Waals surface area contributed by atoms with Crippen molar-refractivity contribution in [2.45, 2.75) is 30.5 Å². The summed E-state index contributed by atoms with van der Waals surface area (Å²) in [5.74, 6) is 3.80. The van der Waals surface area contributed by atoms with Gasteiger partial charge in [-0.3, -0.25) is 5.10 Å². The second kappa shape index (κ2) is 5.23. The average molecular weight is 245 g/mol. The molecule has 2 N–H and O–H groups in total. The van der Waals surface area contributed by atoms with E-state index < -0.39 is 0 Å². The average Bonchev–Trinajstić information content (AvgIpc) is 2.77. The maximum absolute atomic E-state index is 8.93. The van der Waals surface area contributed by atoms with Gasteiger partial charge in [-0.2, -0.15) is 16.9 Å². The fraction of sp³-hybridized carbons (Fsp3) is 0.778. The first-order chi connectivity index (χ1) is 7.35. The van der Waals surface area contributed by atoms with Gasteiger partial charge in [0, 0.05) is 16.8 Å². The fourth-order valence-corrected chi connectivity index (χ4v) is 4.64. The van der Waals surface area contributed by atoms with E-state index in [1.807, 2.05) is 23.5 Å². The monoisotopic (exact) mass is 245 g/mol. The van der Waals surface area contributed by atoms with Crippen molar-refractivity contribution in [3.8, 4) is 0 Å². The van der Waals surface area contributed by atoms with E-state index >= 15 is 0 Å². The van der Waals surface area contributed by atoms with Crippen LogP contribution in [-0.4, -0.2) is 37.0 Å². The zero-order valence-electron chi connectivity index (χ0n) is 8.64. The Morgan fingerprint density at radius 3 is 2.93 bits per heavy atom. The SMILES string of the molecule is CCC1SCCSC1c1n[nH]c(CO)n1. The molecule has 0 aliphatic carbocycles. The molecule has 6 heteroatoms. The van der Waals surface area contributed by atoms with Crippen LogP contribution >= 0.6 is 23.5 Å². The van der Waals surface area contributed by atoms with Crippen LogP contribution in [0.4, 0.5) is 0 Å². The number of nitrogens with one attached hydrogen (secondary N) is 1. The summed E-state index contributed by atoms with van der Waals surface area (Å²) in [4.78, 5) is 4.30. The third-order valence-electron chi connectivity index (χ3n) is 2.41. The molecular weight excluding hydrogens is 230 g/mol. The van der Waals surface area contributed by atoms with Gasteiger partial charge < -0.3 is 5.11 Å². The topological polar surface area (TPSA) is 61.8 Å². The first-order valence-corrected chi connectivity index (χ1v) is 7.20. The van der Waals surface area contributed by atoms with Gasteiger partial charge in [-0.05, 0) is 6.42 Å². The van der Waals surface area contributed by atoms with Gasteiger partial charge in [-0.25, -0.2) is 4.98 Å². The van der Waals surface area contributed by atoms with E-state index in [2.05, 4.69) is 22.1 Å². The van der Waals surface area contributed by atoms with Gasteiger partial charge in [0.05, 0.1) is 5.25 Å². The highest BCUT2D eigenvalue weighted by atomic mass is 32.2. The number of hydrogen-bond acceptors (Lipinski definition) is 5. The predicted octanol–water partition coefficient (Wildman–Crippen LogP) is 1.60. The summed E-state index contributed by atoms with van der Waals surface area (Å²) in [6, 6.07) is 0. The lowest BCUT2D eigenvalue weighted by Gasteiger charge is -2.27. The number of aromatic nitrogens is 3. The van der Waals surface area contributed by atoms with Crippen LogP contribution in [0.1, 0.15) is 30.2 Å². The van der Waals surface area contributed by atoms with Gasteiger partial charge in [0.1, 0.15) is 12.4 Å². The molecule has 1 saturated heterocycles. The molecule has 0 saturated carbocycles. The van der Waals surface area contributed by atoms with Crippen LogP contribution in [0.2, 0.25) is 0 Å². The Morgan fingerprint density at radius 2 is 2.27 bits per heavy atom. The highest BCUT2D eigenvalue weighted by Gasteiger charge is 2.29. The van der Waals surface area contributed by atoms with E-state index in [9.17, 15) is 0 Å². The minimum absolute atomic E-state index is 0.0612. The molecule has 1 aliphatic rings. The number of hydrogen-bond donors (Lipinski definition) is 2. The number of H-pyrrole nitrogens is 1. The van der Waals surface area contributed by atoms with Crippen molar-refractivity contribution in [3.63, 3.8) is 0 Å². The molecule has 15 heavy (non-hydrogen) atoms. The molecule has 1 aromatic heterocycles. The predicted molar refractivity (Wildman–Crippen MR) is 64.0 cm³/mol. The van der Waals surface area contributed by atoms with E-state index in [1.54, 1.807) is 0 Å². The molecule has 2 atom stereocenters. The lowest BCUT2D eigenvalue weighted by atomic mass is 10.2. The fourth-order valence-electron chi connectivity index (χ4n) is 1.65. The molecule has 1 fully saturated rings. The van der Waals surface area contributed by atoms with Crippen LogP contribution in [0.15, 0.2) is 0 Å². The largest absolute Gasteiger partial charge is 0.388 e. The molecule has 1 aromatic rings. The third kappa shape index (κ3) is 2.49.